The zero-order chi connectivity index (χ0) is 13.1. The first-order valence-corrected chi connectivity index (χ1v) is 5.42. The number of rotatable bonds is 3. The van der Waals surface area contributed by atoms with Crippen LogP contribution in [-0.4, -0.2) is 18.9 Å². The summed E-state index contributed by atoms with van der Waals surface area (Å²) >= 11 is 0. The Kier molecular flexibility index (Phi) is 3.28. The van der Waals surface area contributed by atoms with Gasteiger partial charge in [0.15, 0.2) is 5.76 Å². The molecule has 0 saturated carbocycles. The normalized spacial score (nSPS) is 10.1. The fourth-order valence-electron chi connectivity index (χ4n) is 1.62. The molecule has 0 aliphatic rings. The maximum atomic E-state index is 12.1. The highest BCUT2D eigenvalue weighted by Gasteiger charge is 2.20. The molecule has 0 aliphatic carbocycles. The fourth-order valence-corrected chi connectivity index (χ4v) is 1.62. The number of benzene rings is 1. The number of methoxy groups -OCH3 is 1. The zero-order valence-electron chi connectivity index (χ0n) is 10.1. The van der Waals surface area contributed by atoms with E-state index < -0.39 is 5.97 Å². The molecule has 0 N–H and O–H groups in total. The van der Waals surface area contributed by atoms with E-state index in [1.807, 2.05) is 6.07 Å². The highest BCUT2D eigenvalue weighted by molar-refractivity contribution is 6.07. The molecular weight excluding hydrogens is 232 g/mol. The Labute approximate surface area is 104 Å². The van der Waals surface area contributed by atoms with Gasteiger partial charge in [0.05, 0.1) is 7.11 Å². The molecule has 0 amide bonds. The molecule has 1 aromatic carbocycles. The first kappa shape index (κ1) is 12.1. The van der Waals surface area contributed by atoms with Gasteiger partial charge in [0.1, 0.15) is 0 Å². The SMILES string of the molecule is COC(=O)c1oc(C(=O)c2ccccc2)cc1C. The molecule has 0 radical (unpaired) electrons. The third kappa shape index (κ3) is 2.18. The number of furan rings is 1. The molecule has 0 spiro atoms. The summed E-state index contributed by atoms with van der Waals surface area (Å²) in [6, 6.07) is 10.3. The van der Waals surface area contributed by atoms with Gasteiger partial charge in [-0.25, -0.2) is 4.79 Å². The van der Waals surface area contributed by atoms with Crippen molar-refractivity contribution in [1.82, 2.24) is 0 Å². The number of ether oxygens (including phenoxy) is 1. The summed E-state index contributed by atoms with van der Waals surface area (Å²) < 4.78 is 9.83. The number of ketones is 1. The highest BCUT2D eigenvalue weighted by Crippen LogP contribution is 2.18. The Morgan fingerprint density at radius 1 is 1.17 bits per heavy atom. The van der Waals surface area contributed by atoms with E-state index in [9.17, 15) is 9.59 Å². The minimum Gasteiger partial charge on any atom is -0.463 e. The van der Waals surface area contributed by atoms with Crippen molar-refractivity contribution in [2.45, 2.75) is 6.92 Å². The standard InChI is InChI=1S/C14H12O4/c1-9-8-11(18-13(9)14(16)17-2)12(15)10-6-4-3-5-7-10/h3-8H,1-2H3. The van der Waals surface area contributed by atoms with Gasteiger partial charge in [0.25, 0.3) is 0 Å². The summed E-state index contributed by atoms with van der Waals surface area (Å²) in [6.07, 6.45) is 0. The second-order valence-electron chi connectivity index (χ2n) is 3.81. The van der Waals surface area contributed by atoms with Crippen molar-refractivity contribution >= 4 is 11.8 Å². The summed E-state index contributed by atoms with van der Waals surface area (Å²) in [4.78, 5) is 23.5. The quantitative estimate of drug-likeness (QED) is 0.615. The smallest absolute Gasteiger partial charge is 0.374 e. The Morgan fingerprint density at radius 2 is 1.83 bits per heavy atom. The summed E-state index contributed by atoms with van der Waals surface area (Å²) in [5.41, 5.74) is 1.10. The van der Waals surface area contributed by atoms with Crippen LogP contribution in [0.5, 0.6) is 0 Å². The van der Waals surface area contributed by atoms with Crippen molar-refractivity contribution in [3.05, 3.63) is 59.0 Å². The Morgan fingerprint density at radius 3 is 2.44 bits per heavy atom. The molecule has 0 fully saturated rings. The van der Waals surface area contributed by atoms with Crippen LogP contribution in [0.1, 0.15) is 32.2 Å². The molecule has 2 aromatic rings. The van der Waals surface area contributed by atoms with Crippen LogP contribution in [0.2, 0.25) is 0 Å². The Hall–Kier alpha value is -2.36. The van der Waals surface area contributed by atoms with Crippen molar-refractivity contribution in [3.8, 4) is 0 Å². The molecule has 0 unspecified atom stereocenters. The summed E-state index contributed by atoms with van der Waals surface area (Å²) in [5.74, 6) is -0.635. The number of carbonyl (C=O) groups excluding carboxylic acids is 2. The average molecular weight is 244 g/mol. The number of hydrogen-bond acceptors (Lipinski definition) is 4. The number of carbonyl (C=O) groups is 2. The Bertz CT molecular complexity index is 581. The number of aryl methyl sites for hydroxylation is 1. The summed E-state index contributed by atoms with van der Waals surface area (Å²) in [6.45, 7) is 1.69. The van der Waals surface area contributed by atoms with Crippen molar-refractivity contribution in [3.63, 3.8) is 0 Å². The van der Waals surface area contributed by atoms with Crippen molar-refractivity contribution < 1.29 is 18.7 Å². The monoisotopic (exact) mass is 244 g/mol. The lowest BCUT2D eigenvalue weighted by Crippen LogP contribution is -2.01. The van der Waals surface area contributed by atoms with Gasteiger partial charge in [-0.15, -0.1) is 0 Å². The van der Waals surface area contributed by atoms with Gasteiger partial charge < -0.3 is 9.15 Å². The molecule has 4 heteroatoms. The van der Waals surface area contributed by atoms with Crippen molar-refractivity contribution in [2.75, 3.05) is 7.11 Å². The van der Waals surface area contributed by atoms with E-state index in [1.165, 1.54) is 7.11 Å². The average Bonchev–Trinajstić information content (AvgIpc) is 2.80. The molecule has 0 bridgehead atoms. The van der Waals surface area contributed by atoms with Crippen LogP contribution in [0.3, 0.4) is 0 Å². The van der Waals surface area contributed by atoms with Crippen LogP contribution in [0.4, 0.5) is 0 Å². The second kappa shape index (κ2) is 4.87. The van der Waals surface area contributed by atoms with E-state index in [2.05, 4.69) is 4.74 Å². The molecule has 92 valence electrons. The second-order valence-corrected chi connectivity index (χ2v) is 3.81. The predicted molar refractivity (Wildman–Crippen MR) is 64.7 cm³/mol. The third-order valence-electron chi connectivity index (χ3n) is 2.55. The molecule has 1 aromatic heterocycles. The fraction of sp³-hybridized carbons (Fsp3) is 0.143. The molecule has 0 saturated heterocycles. The van der Waals surface area contributed by atoms with Gasteiger partial charge in [0.2, 0.25) is 11.5 Å². The third-order valence-corrected chi connectivity index (χ3v) is 2.55. The van der Waals surface area contributed by atoms with Crippen molar-refractivity contribution in [1.29, 1.82) is 0 Å². The Balaban J connectivity index is 2.36. The molecule has 1 heterocycles. The van der Waals surface area contributed by atoms with Crippen LogP contribution in [0.25, 0.3) is 0 Å². The minimum absolute atomic E-state index is 0.0665. The van der Waals surface area contributed by atoms with Gasteiger partial charge in [-0.3, -0.25) is 4.79 Å². The largest absolute Gasteiger partial charge is 0.463 e. The van der Waals surface area contributed by atoms with E-state index in [1.54, 1.807) is 37.3 Å². The van der Waals surface area contributed by atoms with Crippen molar-refractivity contribution in [2.24, 2.45) is 0 Å². The zero-order valence-corrected chi connectivity index (χ0v) is 10.1. The van der Waals surface area contributed by atoms with Crippen LogP contribution < -0.4 is 0 Å². The van der Waals surface area contributed by atoms with E-state index in [0.717, 1.165) is 0 Å². The van der Waals surface area contributed by atoms with Crippen LogP contribution in [-0.2, 0) is 4.74 Å². The molecule has 0 aliphatic heterocycles. The molecule has 18 heavy (non-hydrogen) atoms. The van der Waals surface area contributed by atoms with Gasteiger partial charge in [-0.05, 0) is 13.0 Å². The lowest BCUT2D eigenvalue weighted by Gasteiger charge is -1.97. The summed E-state index contributed by atoms with van der Waals surface area (Å²) in [5, 5.41) is 0. The highest BCUT2D eigenvalue weighted by atomic mass is 16.5. The van der Waals surface area contributed by atoms with E-state index in [4.69, 9.17) is 4.42 Å². The first-order valence-electron chi connectivity index (χ1n) is 5.42. The number of esters is 1. The lowest BCUT2D eigenvalue weighted by molar-refractivity contribution is 0.0562. The van der Waals surface area contributed by atoms with E-state index in [0.29, 0.717) is 11.1 Å². The van der Waals surface area contributed by atoms with E-state index >= 15 is 0 Å². The van der Waals surface area contributed by atoms with Gasteiger partial charge in [0, 0.05) is 11.1 Å². The lowest BCUT2D eigenvalue weighted by atomic mass is 10.1. The van der Waals surface area contributed by atoms with Gasteiger partial charge in [-0.1, -0.05) is 30.3 Å². The topological polar surface area (TPSA) is 56.5 Å². The minimum atomic E-state index is -0.584. The van der Waals surface area contributed by atoms with Gasteiger partial charge in [-0.2, -0.15) is 0 Å². The maximum absolute atomic E-state index is 12.1. The molecule has 0 atom stereocenters. The van der Waals surface area contributed by atoms with E-state index in [-0.39, 0.29) is 17.3 Å². The van der Waals surface area contributed by atoms with Crippen LogP contribution in [0.15, 0.2) is 40.8 Å². The molecule has 2 rings (SSSR count). The molecule has 4 nitrogen and oxygen atoms in total. The van der Waals surface area contributed by atoms with Gasteiger partial charge >= 0.3 is 5.97 Å². The number of hydrogen-bond donors (Lipinski definition) is 0. The van der Waals surface area contributed by atoms with Crippen LogP contribution in [0, 0.1) is 6.92 Å². The molecular formula is C14H12O4. The first-order chi connectivity index (χ1) is 8.63. The summed E-state index contributed by atoms with van der Waals surface area (Å²) in [7, 11) is 1.27. The maximum Gasteiger partial charge on any atom is 0.374 e. The van der Waals surface area contributed by atoms with Crippen LogP contribution >= 0.6 is 0 Å². The predicted octanol–water partition coefficient (Wildman–Crippen LogP) is 2.61.